The third kappa shape index (κ3) is 4.84. The molecule has 0 heterocycles. The van der Waals surface area contributed by atoms with Gasteiger partial charge in [-0.15, -0.1) is 0 Å². The zero-order valence-electron chi connectivity index (χ0n) is 15.2. The molecule has 8 heteroatoms. The van der Waals surface area contributed by atoms with E-state index >= 15 is 0 Å². The minimum Gasteiger partial charge on any atom is -0.495 e. The number of carbonyl (C=O) groups excluding carboxylic acids is 1. The number of nitrogens with one attached hydrogen (secondary N) is 1. The maximum Gasteiger partial charge on any atom is 0.244 e. The van der Waals surface area contributed by atoms with Gasteiger partial charge in [0.05, 0.1) is 29.8 Å². The van der Waals surface area contributed by atoms with Gasteiger partial charge in [-0.3, -0.25) is 4.79 Å². The van der Waals surface area contributed by atoms with E-state index in [1.165, 1.54) is 19.2 Å². The highest BCUT2D eigenvalue weighted by Crippen LogP contribution is 2.24. The van der Waals surface area contributed by atoms with Crippen LogP contribution in [0.5, 0.6) is 5.75 Å². The second-order valence-corrected chi connectivity index (χ2v) is 7.60. The highest BCUT2D eigenvalue weighted by Gasteiger charge is 2.28. The Bertz CT molecular complexity index is 951. The zero-order valence-corrected chi connectivity index (χ0v) is 16.0. The summed E-state index contributed by atoms with van der Waals surface area (Å²) in [6.45, 7) is 1.60. The van der Waals surface area contributed by atoms with Gasteiger partial charge in [0.25, 0.3) is 0 Å². The Balaban J connectivity index is 2.26. The maximum atomic E-state index is 13.0. The number of carbonyl (C=O) groups is 1. The first-order valence-electron chi connectivity index (χ1n) is 8.36. The highest BCUT2D eigenvalue weighted by molar-refractivity contribution is 7.89. The van der Waals surface area contributed by atoms with Gasteiger partial charge in [0, 0.05) is 6.54 Å². The fourth-order valence-corrected chi connectivity index (χ4v) is 4.18. The van der Waals surface area contributed by atoms with Crippen LogP contribution in [0.25, 0.3) is 0 Å². The Morgan fingerprint density at radius 2 is 1.85 bits per heavy atom. The number of ether oxygens (including phenoxy) is 1. The van der Waals surface area contributed by atoms with Crippen LogP contribution in [-0.4, -0.2) is 38.8 Å². The number of methoxy groups -OCH3 is 1. The molecule has 2 rings (SSSR count). The molecule has 0 saturated carbocycles. The molecule has 2 aromatic rings. The first kappa shape index (κ1) is 20.4. The molecular weight excluding hydrogens is 366 g/mol. The van der Waals surface area contributed by atoms with Crippen molar-refractivity contribution in [1.29, 1.82) is 5.26 Å². The van der Waals surface area contributed by atoms with Gasteiger partial charge in [-0.1, -0.05) is 31.2 Å². The van der Waals surface area contributed by atoms with Gasteiger partial charge in [-0.2, -0.15) is 9.57 Å². The lowest BCUT2D eigenvalue weighted by atomic mass is 10.2. The number of amides is 1. The largest absolute Gasteiger partial charge is 0.495 e. The molecule has 1 N–H and O–H groups in total. The Labute approximate surface area is 159 Å². The normalized spacial score (nSPS) is 11.0. The standard InChI is InChI=1S/C19H21N3O4S/c1-3-12-22(27(24,25)18-11-7-4-8-15(18)13-20)14-19(23)21-16-9-5-6-10-17(16)26-2/h4-11H,3,12,14H2,1-2H3,(H,21,23). The fourth-order valence-electron chi connectivity index (χ4n) is 2.55. The van der Waals surface area contributed by atoms with Crippen LogP contribution in [0.4, 0.5) is 5.69 Å². The summed E-state index contributed by atoms with van der Waals surface area (Å²) in [6, 6.07) is 14.7. The molecule has 0 unspecified atom stereocenters. The molecule has 2 aromatic carbocycles. The third-order valence-electron chi connectivity index (χ3n) is 3.80. The molecule has 7 nitrogen and oxygen atoms in total. The second kappa shape index (κ2) is 9.16. The van der Waals surface area contributed by atoms with Gasteiger partial charge < -0.3 is 10.1 Å². The summed E-state index contributed by atoms with van der Waals surface area (Å²) in [7, 11) is -2.51. The van der Waals surface area contributed by atoms with Crippen molar-refractivity contribution in [3.8, 4) is 11.8 Å². The van der Waals surface area contributed by atoms with Crippen molar-refractivity contribution in [3.05, 3.63) is 54.1 Å². The lowest BCUT2D eigenvalue weighted by Gasteiger charge is -2.22. The van der Waals surface area contributed by atoms with E-state index in [0.29, 0.717) is 17.9 Å². The minimum atomic E-state index is -3.99. The molecular formula is C19H21N3O4S. The molecule has 0 aliphatic carbocycles. The SMILES string of the molecule is CCCN(CC(=O)Nc1ccccc1OC)S(=O)(=O)c1ccccc1C#N. The molecule has 0 aliphatic heterocycles. The van der Waals surface area contributed by atoms with Crippen LogP contribution in [0.3, 0.4) is 0 Å². The van der Waals surface area contributed by atoms with Crippen LogP contribution >= 0.6 is 0 Å². The van der Waals surface area contributed by atoms with Crippen molar-refractivity contribution in [2.24, 2.45) is 0 Å². The second-order valence-electron chi connectivity index (χ2n) is 5.70. The summed E-state index contributed by atoms with van der Waals surface area (Å²) in [5.74, 6) is -0.0171. The van der Waals surface area contributed by atoms with Gasteiger partial charge in [-0.25, -0.2) is 8.42 Å². The fraction of sp³-hybridized carbons (Fsp3) is 0.263. The number of hydrogen-bond acceptors (Lipinski definition) is 5. The van der Waals surface area contributed by atoms with Crippen LogP contribution in [0, 0.1) is 11.3 Å². The van der Waals surface area contributed by atoms with Crippen molar-refractivity contribution >= 4 is 21.6 Å². The first-order valence-corrected chi connectivity index (χ1v) is 9.80. The number of nitrogens with zero attached hydrogens (tertiary/aromatic N) is 2. The van der Waals surface area contributed by atoms with E-state index < -0.39 is 15.9 Å². The van der Waals surface area contributed by atoms with Crippen LogP contribution in [0.1, 0.15) is 18.9 Å². The predicted octanol–water partition coefficient (Wildman–Crippen LogP) is 2.61. The number of rotatable bonds is 8. The Morgan fingerprint density at radius 1 is 1.19 bits per heavy atom. The molecule has 0 radical (unpaired) electrons. The van der Waals surface area contributed by atoms with E-state index in [1.807, 2.05) is 13.0 Å². The van der Waals surface area contributed by atoms with Crippen LogP contribution in [0.2, 0.25) is 0 Å². The average Bonchev–Trinajstić information content (AvgIpc) is 2.68. The summed E-state index contributed by atoms with van der Waals surface area (Å²) in [6.07, 6.45) is 0.524. The van der Waals surface area contributed by atoms with Gasteiger partial charge in [0.1, 0.15) is 11.8 Å². The molecule has 0 spiro atoms. The van der Waals surface area contributed by atoms with Crippen LogP contribution < -0.4 is 10.1 Å². The van der Waals surface area contributed by atoms with E-state index in [4.69, 9.17) is 4.74 Å². The molecule has 0 aliphatic rings. The summed E-state index contributed by atoms with van der Waals surface area (Å²) < 4.78 is 32.2. The summed E-state index contributed by atoms with van der Waals surface area (Å²) in [5, 5.41) is 11.9. The smallest absolute Gasteiger partial charge is 0.244 e. The van der Waals surface area contributed by atoms with Gasteiger partial charge in [0.2, 0.25) is 15.9 Å². The van der Waals surface area contributed by atoms with Crippen molar-refractivity contribution in [2.45, 2.75) is 18.2 Å². The molecule has 0 saturated heterocycles. The van der Waals surface area contributed by atoms with Crippen molar-refractivity contribution in [2.75, 3.05) is 25.5 Å². The minimum absolute atomic E-state index is 0.0451. The van der Waals surface area contributed by atoms with Gasteiger partial charge in [-0.05, 0) is 30.7 Å². The summed E-state index contributed by atoms with van der Waals surface area (Å²) in [5.41, 5.74) is 0.500. The average molecular weight is 387 g/mol. The van der Waals surface area contributed by atoms with E-state index in [0.717, 1.165) is 4.31 Å². The Hall–Kier alpha value is -2.89. The maximum absolute atomic E-state index is 13.0. The van der Waals surface area contributed by atoms with E-state index in [1.54, 1.807) is 36.4 Å². The van der Waals surface area contributed by atoms with E-state index in [9.17, 15) is 18.5 Å². The van der Waals surface area contributed by atoms with E-state index in [2.05, 4.69) is 5.32 Å². The lowest BCUT2D eigenvalue weighted by Crippen LogP contribution is -2.38. The van der Waals surface area contributed by atoms with Gasteiger partial charge in [0.15, 0.2) is 0 Å². The number of benzene rings is 2. The highest BCUT2D eigenvalue weighted by atomic mass is 32.2. The third-order valence-corrected chi connectivity index (χ3v) is 5.70. The molecule has 0 bridgehead atoms. The predicted molar refractivity (Wildman–Crippen MR) is 102 cm³/mol. The number of anilines is 1. The molecule has 27 heavy (non-hydrogen) atoms. The number of hydrogen-bond donors (Lipinski definition) is 1. The number of nitriles is 1. The molecule has 142 valence electrons. The van der Waals surface area contributed by atoms with Crippen molar-refractivity contribution in [1.82, 2.24) is 4.31 Å². The molecule has 0 fully saturated rings. The molecule has 0 aromatic heterocycles. The van der Waals surface area contributed by atoms with Crippen molar-refractivity contribution in [3.63, 3.8) is 0 Å². The first-order chi connectivity index (χ1) is 12.9. The monoisotopic (exact) mass is 387 g/mol. The van der Waals surface area contributed by atoms with E-state index in [-0.39, 0.29) is 23.5 Å². The quantitative estimate of drug-likeness (QED) is 0.750. The van der Waals surface area contributed by atoms with Gasteiger partial charge >= 0.3 is 0 Å². The topological polar surface area (TPSA) is 99.5 Å². The molecule has 1 amide bonds. The number of sulfonamides is 1. The van der Waals surface area contributed by atoms with Crippen LogP contribution in [0.15, 0.2) is 53.4 Å². The lowest BCUT2D eigenvalue weighted by molar-refractivity contribution is -0.116. The molecule has 0 atom stereocenters. The Kier molecular flexibility index (Phi) is 6.93. The number of para-hydroxylation sites is 2. The zero-order chi connectivity index (χ0) is 19.9. The Morgan fingerprint density at radius 3 is 2.52 bits per heavy atom. The van der Waals surface area contributed by atoms with Crippen molar-refractivity contribution < 1.29 is 17.9 Å². The van der Waals surface area contributed by atoms with Crippen LogP contribution in [-0.2, 0) is 14.8 Å². The summed E-state index contributed by atoms with van der Waals surface area (Å²) in [4.78, 5) is 12.4. The summed E-state index contributed by atoms with van der Waals surface area (Å²) >= 11 is 0.